The summed E-state index contributed by atoms with van der Waals surface area (Å²) in [6.07, 6.45) is 2.86. The summed E-state index contributed by atoms with van der Waals surface area (Å²) in [4.78, 5) is 25.7. The summed E-state index contributed by atoms with van der Waals surface area (Å²) in [5, 5.41) is 7.43. The molecule has 1 amide bonds. The molecule has 0 saturated carbocycles. The molecule has 3 aromatic rings. The monoisotopic (exact) mass is 373 g/mol. The summed E-state index contributed by atoms with van der Waals surface area (Å²) >= 11 is 0. The predicted octanol–water partition coefficient (Wildman–Crippen LogP) is 3.87. The number of ketones is 1. The number of hydrogen-bond donors (Lipinski definition) is 1. The van der Waals surface area contributed by atoms with Crippen LogP contribution in [0.1, 0.15) is 51.8 Å². The van der Waals surface area contributed by atoms with Crippen LogP contribution in [0.3, 0.4) is 0 Å². The lowest BCUT2D eigenvalue weighted by Gasteiger charge is -2.26. The number of rotatable bonds is 4. The number of aryl methyl sites for hydroxylation is 2. The first-order valence-corrected chi connectivity index (χ1v) is 9.61. The molecule has 0 spiro atoms. The van der Waals surface area contributed by atoms with Gasteiger partial charge in [-0.2, -0.15) is 5.10 Å². The molecule has 1 N–H and O–H groups in total. The Hall–Kier alpha value is -3.21. The Kier molecular flexibility index (Phi) is 4.82. The predicted molar refractivity (Wildman–Crippen MR) is 108 cm³/mol. The molecule has 0 fully saturated rings. The standard InChI is InChI=1S/C23H23N3O2/c1-15-21(16(2)26(25-15)18-11-4-3-5-12-18)22(27)23(28)24-20-14-8-10-17-9-6-7-13-19(17)20/h3-7,9,11-13,20H,8,10,14H2,1-2H3,(H,24,28). The average Bonchev–Trinajstić information content (AvgIpc) is 3.02. The third-order valence-electron chi connectivity index (χ3n) is 5.40. The molecule has 1 heterocycles. The van der Waals surface area contributed by atoms with Crippen molar-refractivity contribution in [2.45, 2.75) is 39.2 Å². The van der Waals surface area contributed by atoms with Crippen molar-refractivity contribution in [1.82, 2.24) is 15.1 Å². The minimum atomic E-state index is -0.569. The number of amides is 1. The molecule has 1 aliphatic rings. The van der Waals surface area contributed by atoms with E-state index in [1.807, 2.05) is 55.5 Å². The van der Waals surface area contributed by atoms with E-state index in [2.05, 4.69) is 16.5 Å². The van der Waals surface area contributed by atoms with E-state index >= 15 is 0 Å². The highest BCUT2D eigenvalue weighted by atomic mass is 16.2. The van der Waals surface area contributed by atoms with E-state index in [9.17, 15) is 9.59 Å². The van der Waals surface area contributed by atoms with Crippen molar-refractivity contribution >= 4 is 11.7 Å². The van der Waals surface area contributed by atoms with Crippen LogP contribution in [0.4, 0.5) is 0 Å². The molecule has 1 aliphatic carbocycles. The summed E-state index contributed by atoms with van der Waals surface area (Å²) in [5.41, 5.74) is 4.84. The quantitative estimate of drug-likeness (QED) is 0.558. The molecule has 5 nitrogen and oxygen atoms in total. The average molecular weight is 373 g/mol. The second-order valence-corrected chi connectivity index (χ2v) is 7.24. The Morgan fingerprint density at radius 2 is 1.75 bits per heavy atom. The molecule has 5 heteroatoms. The molecule has 2 aromatic carbocycles. The maximum Gasteiger partial charge on any atom is 0.293 e. The van der Waals surface area contributed by atoms with Gasteiger partial charge < -0.3 is 5.32 Å². The summed E-state index contributed by atoms with van der Waals surface area (Å²) < 4.78 is 1.71. The number of benzene rings is 2. The molecule has 0 saturated heterocycles. The first-order valence-electron chi connectivity index (χ1n) is 9.61. The van der Waals surface area contributed by atoms with Gasteiger partial charge in [-0.15, -0.1) is 0 Å². The Morgan fingerprint density at radius 1 is 1.04 bits per heavy atom. The highest BCUT2D eigenvalue weighted by molar-refractivity contribution is 6.43. The zero-order valence-electron chi connectivity index (χ0n) is 16.1. The summed E-state index contributed by atoms with van der Waals surface area (Å²) in [5.74, 6) is -1.10. The third-order valence-corrected chi connectivity index (χ3v) is 5.40. The van der Waals surface area contributed by atoms with Gasteiger partial charge in [0.2, 0.25) is 0 Å². The van der Waals surface area contributed by atoms with E-state index in [4.69, 9.17) is 0 Å². The topological polar surface area (TPSA) is 64.0 Å². The van der Waals surface area contributed by atoms with Crippen LogP contribution in [-0.2, 0) is 11.2 Å². The van der Waals surface area contributed by atoms with Crippen molar-refractivity contribution in [3.8, 4) is 5.69 Å². The highest BCUT2D eigenvalue weighted by Gasteiger charge is 2.28. The summed E-state index contributed by atoms with van der Waals surface area (Å²) in [6.45, 7) is 3.59. The lowest BCUT2D eigenvalue weighted by molar-refractivity contribution is -0.117. The number of aromatic nitrogens is 2. The van der Waals surface area contributed by atoms with Gasteiger partial charge >= 0.3 is 0 Å². The van der Waals surface area contributed by atoms with Gasteiger partial charge in [0.15, 0.2) is 0 Å². The Bertz CT molecular complexity index is 1040. The number of Topliss-reactive ketones (excluding diaryl/α,β-unsaturated/α-hetero) is 1. The lowest BCUT2D eigenvalue weighted by Crippen LogP contribution is -2.36. The Morgan fingerprint density at radius 3 is 2.54 bits per heavy atom. The van der Waals surface area contributed by atoms with Crippen molar-refractivity contribution in [3.63, 3.8) is 0 Å². The second-order valence-electron chi connectivity index (χ2n) is 7.24. The molecule has 0 aliphatic heterocycles. The van der Waals surface area contributed by atoms with Crippen LogP contribution in [0.2, 0.25) is 0 Å². The molecule has 1 unspecified atom stereocenters. The van der Waals surface area contributed by atoms with Gasteiger partial charge in [0.1, 0.15) is 0 Å². The largest absolute Gasteiger partial charge is 0.342 e. The fourth-order valence-corrected chi connectivity index (χ4v) is 4.03. The summed E-state index contributed by atoms with van der Waals surface area (Å²) in [7, 11) is 0. The van der Waals surface area contributed by atoms with Crippen molar-refractivity contribution in [2.24, 2.45) is 0 Å². The zero-order chi connectivity index (χ0) is 19.7. The van der Waals surface area contributed by atoms with Crippen LogP contribution < -0.4 is 5.32 Å². The minimum absolute atomic E-state index is 0.119. The minimum Gasteiger partial charge on any atom is -0.342 e. The molecule has 28 heavy (non-hydrogen) atoms. The van der Waals surface area contributed by atoms with Gasteiger partial charge in [0.25, 0.3) is 11.7 Å². The zero-order valence-corrected chi connectivity index (χ0v) is 16.1. The SMILES string of the molecule is Cc1nn(-c2ccccc2)c(C)c1C(=O)C(=O)NC1CCCc2ccccc21. The van der Waals surface area contributed by atoms with Gasteiger partial charge in [-0.25, -0.2) is 4.68 Å². The number of hydrogen-bond acceptors (Lipinski definition) is 3. The molecule has 1 atom stereocenters. The van der Waals surface area contributed by atoms with Crippen LogP contribution in [0.25, 0.3) is 5.69 Å². The van der Waals surface area contributed by atoms with E-state index < -0.39 is 11.7 Å². The smallest absolute Gasteiger partial charge is 0.293 e. The number of para-hydroxylation sites is 1. The molecule has 0 bridgehead atoms. The van der Waals surface area contributed by atoms with Crippen LogP contribution in [0.5, 0.6) is 0 Å². The lowest BCUT2D eigenvalue weighted by atomic mass is 9.87. The van der Waals surface area contributed by atoms with Crippen molar-refractivity contribution < 1.29 is 9.59 Å². The van der Waals surface area contributed by atoms with E-state index in [1.54, 1.807) is 11.6 Å². The second kappa shape index (κ2) is 7.43. The van der Waals surface area contributed by atoms with Crippen molar-refractivity contribution in [1.29, 1.82) is 0 Å². The van der Waals surface area contributed by atoms with Crippen LogP contribution in [0.15, 0.2) is 54.6 Å². The third kappa shape index (κ3) is 3.24. The maximum absolute atomic E-state index is 13.0. The van der Waals surface area contributed by atoms with Gasteiger partial charge in [0, 0.05) is 0 Å². The van der Waals surface area contributed by atoms with Gasteiger partial charge in [0.05, 0.1) is 28.7 Å². The number of nitrogens with zero attached hydrogens (tertiary/aromatic N) is 2. The maximum atomic E-state index is 13.0. The van der Waals surface area contributed by atoms with Crippen molar-refractivity contribution in [3.05, 3.63) is 82.7 Å². The molecular formula is C23H23N3O2. The highest BCUT2D eigenvalue weighted by Crippen LogP contribution is 2.29. The molecule has 4 rings (SSSR count). The Labute approximate surface area is 164 Å². The number of nitrogens with one attached hydrogen (secondary N) is 1. The van der Waals surface area contributed by atoms with Gasteiger partial charge in [-0.3, -0.25) is 9.59 Å². The normalized spacial score (nSPS) is 15.7. The Balaban J connectivity index is 1.59. The van der Waals surface area contributed by atoms with Crippen LogP contribution in [-0.4, -0.2) is 21.5 Å². The van der Waals surface area contributed by atoms with E-state index in [-0.39, 0.29) is 6.04 Å². The number of carbonyl (C=O) groups is 2. The van der Waals surface area contributed by atoms with E-state index in [0.717, 1.165) is 30.5 Å². The van der Waals surface area contributed by atoms with Crippen LogP contribution in [0, 0.1) is 13.8 Å². The fraction of sp³-hybridized carbons (Fsp3) is 0.261. The van der Waals surface area contributed by atoms with Gasteiger partial charge in [-0.1, -0.05) is 42.5 Å². The molecule has 0 radical (unpaired) electrons. The number of carbonyl (C=O) groups excluding carboxylic acids is 2. The van der Waals surface area contributed by atoms with E-state index in [0.29, 0.717) is 17.0 Å². The molecular weight excluding hydrogens is 350 g/mol. The van der Waals surface area contributed by atoms with Crippen molar-refractivity contribution in [2.75, 3.05) is 0 Å². The molecule has 1 aromatic heterocycles. The first kappa shape index (κ1) is 18.2. The van der Waals surface area contributed by atoms with E-state index in [1.165, 1.54) is 5.56 Å². The van der Waals surface area contributed by atoms with Crippen LogP contribution >= 0.6 is 0 Å². The first-order chi connectivity index (χ1) is 13.6. The summed E-state index contributed by atoms with van der Waals surface area (Å²) in [6, 6.07) is 17.6. The van der Waals surface area contributed by atoms with Gasteiger partial charge in [-0.05, 0) is 56.4 Å². The fourth-order valence-electron chi connectivity index (χ4n) is 4.03. The molecule has 142 valence electrons. The number of fused-ring (bicyclic) bond motifs is 1.